The van der Waals surface area contributed by atoms with Crippen molar-refractivity contribution in [2.45, 2.75) is 45.6 Å². The highest BCUT2D eigenvalue weighted by Gasteiger charge is 2.23. The molecule has 5 nitrogen and oxygen atoms in total. The maximum Gasteiger partial charge on any atom is 0.191 e. The lowest BCUT2D eigenvalue weighted by Gasteiger charge is -2.21. The highest BCUT2D eigenvalue weighted by atomic mass is 127. The van der Waals surface area contributed by atoms with Gasteiger partial charge in [-0.2, -0.15) is 0 Å². The first kappa shape index (κ1) is 24.5. The smallest absolute Gasteiger partial charge is 0.191 e. The van der Waals surface area contributed by atoms with E-state index in [0.29, 0.717) is 12.0 Å². The summed E-state index contributed by atoms with van der Waals surface area (Å²) < 4.78 is 1.11. The Balaban J connectivity index is 0.00000364. The molecule has 3 N–H and O–H groups in total. The van der Waals surface area contributed by atoms with Crippen LogP contribution in [0.3, 0.4) is 0 Å². The van der Waals surface area contributed by atoms with Crippen LogP contribution >= 0.6 is 39.9 Å². The Kier molecular flexibility index (Phi) is 12.3. The number of hydrogen-bond donors (Lipinski definition) is 3. The van der Waals surface area contributed by atoms with Gasteiger partial charge in [-0.15, -0.1) is 24.0 Å². The fraction of sp³-hybridized carbons (Fsp3) is 0.650. The summed E-state index contributed by atoms with van der Waals surface area (Å²) in [6.45, 7) is 8.20. The van der Waals surface area contributed by atoms with Crippen molar-refractivity contribution in [1.29, 1.82) is 0 Å². The van der Waals surface area contributed by atoms with Gasteiger partial charge in [0.15, 0.2) is 5.96 Å². The van der Waals surface area contributed by atoms with Gasteiger partial charge in [0.25, 0.3) is 0 Å². The molecule has 2 rings (SSSR count). The van der Waals surface area contributed by atoms with Gasteiger partial charge < -0.3 is 20.6 Å². The van der Waals surface area contributed by atoms with Gasteiger partial charge in [-0.25, -0.2) is 0 Å². The van der Waals surface area contributed by atoms with Crippen LogP contribution in [0, 0.1) is 5.92 Å². The molecule has 2 atom stereocenters. The minimum Gasteiger partial charge on any atom is -0.396 e. The lowest BCUT2D eigenvalue weighted by atomic mass is 10.0. The molecule has 27 heavy (non-hydrogen) atoms. The molecule has 0 aromatic heterocycles. The zero-order valence-electron chi connectivity index (χ0n) is 16.5. The molecule has 0 saturated carbocycles. The highest BCUT2D eigenvalue weighted by Crippen LogP contribution is 2.22. The summed E-state index contributed by atoms with van der Waals surface area (Å²) >= 11 is 3.50. The van der Waals surface area contributed by atoms with Crippen molar-refractivity contribution in [3.05, 3.63) is 28.7 Å². The third kappa shape index (κ3) is 8.56. The zero-order chi connectivity index (χ0) is 18.8. The number of aliphatic hydroxyl groups is 1. The molecule has 7 heteroatoms. The number of rotatable bonds is 9. The quantitative estimate of drug-likeness (QED) is 0.246. The van der Waals surface area contributed by atoms with Crippen LogP contribution in [0.4, 0.5) is 5.69 Å². The Hall–Kier alpha value is -0.540. The van der Waals surface area contributed by atoms with Crippen LogP contribution in [0.2, 0.25) is 0 Å². The van der Waals surface area contributed by atoms with Gasteiger partial charge in [0.2, 0.25) is 0 Å². The second-order valence-corrected chi connectivity index (χ2v) is 7.85. The average Bonchev–Trinajstić information content (AvgIpc) is 3.09. The number of halogens is 2. The molecule has 0 bridgehead atoms. The first-order valence-corrected chi connectivity index (χ1v) is 10.6. The number of nitrogens with one attached hydrogen (secondary N) is 2. The standard InChI is InChI=1S/C20H33BrN4O.HI/c1-3-5-16(11-13-26)14-23-20(22-4-2)24-18-10-12-25(15-18)19-8-6-17(21)7-9-19;/h6-9,16,18,26H,3-5,10-15H2,1-2H3,(H2,22,23,24);1H. The molecule has 2 unspecified atom stereocenters. The van der Waals surface area contributed by atoms with Gasteiger partial charge in [-0.1, -0.05) is 29.3 Å². The summed E-state index contributed by atoms with van der Waals surface area (Å²) in [4.78, 5) is 7.20. The monoisotopic (exact) mass is 552 g/mol. The highest BCUT2D eigenvalue weighted by molar-refractivity contribution is 14.0. The lowest BCUT2D eigenvalue weighted by molar-refractivity contribution is 0.253. The number of guanidine groups is 1. The summed E-state index contributed by atoms with van der Waals surface area (Å²) in [5.41, 5.74) is 1.27. The van der Waals surface area contributed by atoms with Crippen LogP contribution in [0.1, 0.15) is 39.5 Å². The number of benzene rings is 1. The Morgan fingerprint density at radius 1 is 1.30 bits per heavy atom. The third-order valence-corrected chi connectivity index (χ3v) is 5.34. The summed E-state index contributed by atoms with van der Waals surface area (Å²) in [7, 11) is 0. The molecule has 0 amide bonds. The molecule has 1 aliphatic heterocycles. The fourth-order valence-corrected chi connectivity index (χ4v) is 3.68. The minimum absolute atomic E-state index is 0. The minimum atomic E-state index is 0. The van der Waals surface area contributed by atoms with Crippen molar-refractivity contribution < 1.29 is 5.11 Å². The first-order valence-electron chi connectivity index (χ1n) is 9.82. The van der Waals surface area contributed by atoms with Gasteiger partial charge in [-0.3, -0.25) is 4.99 Å². The van der Waals surface area contributed by atoms with E-state index in [1.807, 2.05) is 0 Å². The molecule has 1 aliphatic rings. The van der Waals surface area contributed by atoms with Crippen LogP contribution in [0.15, 0.2) is 33.7 Å². The predicted molar refractivity (Wildman–Crippen MR) is 129 cm³/mol. The van der Waals surface area contributed by atoms with Crippen molar-refractivity contribution in [2.75, 3.05) is 37.7 Å². The number of aliphatic hydroxyl groups excluding tert-OH is 1. The Morgan fingerprint density at radius 3 is 2.67 bits per heavy atom. The first-order chi connectivity index (χ1) is 12.7. The van der Waals surface area contributed by atoms with Crippen molar-refractivity contribution in [3.63, 3.8) is 0 Å². The summed E-state index contributed by atoms with van der Waals surface area (Å²) in [5.74, 6) is 1.36. The molecular formula is C20H34BrIN4O. The molecule has 1 heterocycles. The fourth-order valence-electron chi connectivity index (χ4n) is 3.42. The Bertz CT molecular complexity index is 549. The van der Waals surface area contributed by atoms with E-state index in [4.69, 9.17) is 4.99 Å². The van der Waals surface area contributed by atoms with E-state index >= 15 is 0 Å². The zero-order valence-corrected chi connectivity index (χ0v) is 20.4. The normalized spacial score (nSPS) is 18.1. The van der Waals surface area contributed by atoms with Gasteiger partial charge in [0.1, 0.15) is 0 Å². The van der Waals surface area contributed by atoms with E-state index in [2.05, 4.69) is 69.6 Å². The van der Waals surface area contributed by atoms with E-state index in [1.54, 1.807) is 0 Å². The maximum atomic E-state index is 9.23. The van der Waals surface area contributed by atoms with Crippen molar-refractivity contribution in [2.24, 2.45) is 10.9 Å². The molecule has 1 aromatic carbocycles. The summed E-state index contributed by atoms with van der Waals surface area (Å²) in [6, 6.07) is 8.91. The molecule has 0 aliphatic carbocycles. The van der Waals surface area contributed by atoms with Crippen molar-refractivity contribution in [3.8, 4) is 0 Å². The van der Waals surface area contributed by atoms with Crippen LogP contribution in [0.25, 0.3) is 0 Å². The average molecular weight is 553 g/mol. The number of hydrogen-bond acceptors (Lipinski definition) is 3. The lowest BCUT2D eigenvalue weighted by Crippen LogP contribution is -2.44. The van der Waals surface area contributed by atoms with Crippen LogP contribution < -0.4 is 15.5 Å². The van der Waals surface area contributed by atoms with Gasteiger partial charge >= 0.3 is 0 Å². The maximum absolute atomic E-state index is 9.23. The molecule has 154 valence electrons. The molecule has 0 spiro atoms. The van der Waals surface area contributed by atoms with Gasteiger partial charge in [-0.05, 0) is 56.4 Å². The van der Waals surface area contributed by atoms with Crippen LogP contribution in [-0.4, -0.2) is 49.9 Å². The Labute approximate surface area is 189 Å². The number of aliphatic imine (C=N–C) groups is 1. The van der Waals surface area contributed by atoms with E-state index in [0.717, 1.165) is 62.3 Å². The van der Waals surface area contributed by atoms with Crippen LogP contribution in [-0.2, 0) is 0 Å². The summed E-state index contributed by atoms with van der Waals surface area (Å²) in [6.07, 6.45) is 4.19. The molecular weight excluding hydrogens is 519 g/mol. The third-order valence-electron chi connectivity index (χ3n) is 4.81. The van der Waals surface area contributed by atoms with Gasteiger partial charge in [0.05, 0.1) is 0 Å². The predicted octanol–water partition coefficient (Wildman–Crippen LogP) is 4.00. The molecule has 1 fully saturated rings. The number of anilines is 1. The second kappa shape index (κ2) is 13.6. The second-order valence-electron chi connectivity index (χ2n) is 6.94. The van der Waals surface area contributed by atoms with E-state index in [-0.39, 0.29) is 30.6 Å². The Morgan fingerprint density at radius 2 is 2.04 bits per heavy atom. The van der Waals surface area contributed by atoms with E-state index in [1.165, 1.54) is 5.69 Å². The molecule has 1 saturated heterocycles. The number of nitrogens with zero attached hydrogens (tertiary/aromatic N) is 2. The van der Waals surface area contributed by atoms with E-state index in [9.17, 15) is 5.11 Å². The van der Waals surface area contributed by atoms with Crippen LogP contribution in [0.5, 0.6) is 0 Å². The molecule has 1 aromatic rings. The van der Waals surface area contributed by atoms with Crippen molar-refractivity contribution >= 4 is 51.6 Å². The largest absolute Gasteiger partial charge is 0.396 e. The summed E-state index contributed by atoms with van der Waals surface area (Å²) in [5, 5.41) is 16.2. The molecule has 0 radical (unpaired) electrons. The van der Waals surface area contributed by atoms with Gasteiger partial charge in [0, 0.05) is 49.0 Å². The van der Waals surface area contributed by atoms with Crippen molar-refractivity contribution in [1.82, 2.24) is 10.6 Å². The SMILES string of the molecule is CCCC(CCO)CN=C(NCC)NC1CCN(c2ccc(Br)cc2)C1.I. The topological polar surface area (TPSA) is 59.9 Å². The van der Waals surface area contributed by atoms with E-state index < -0.39 is 0 Å².